The summed E-state index contributed by atoms with van der Waals surface area (Å²) in [6.07, 6.45) is 5.59. The van der Waals surface area contributed by atoms with E-state index in [9.17, 15) is 4.79 Å². The molecule has 0 aromatic heterocycles. The van der Waals surface area contributed by atoms with Crippen LogP contribution in [0.5, 0.6) is 11.5 Å². The Hall–Kier alpha value is -2.46. The Morgan fingerprint density at radius 1 is 1.13 bits per heavy atom. The van der Waals surface area contributed by atoms with Crippen LogP contribution in [-0.2, 0) is 4.79 Å². The molecule has 3 rings (SSSR count). The minimum Gasteiger partial charge on any atom is -0.497 e. The van der Waals surface area contributed by atoms with Crippen LogP contribution in [0.2, 0.25) is 0 Å². The fourth-order valence-corrected chi connectivity index (χ4v) is 4.57. The molecule has 2 fully saturated rings. The molecule has 0 spiro atoms. The third-order valence-corrected chi connectivity index (χ3v) is 6.40. The Kier molecular flexibility index (Phi) is 8.21. The van der Waals surface area contributed by atoms with Crippen molar-refractivity contribution in [2.75, 3.05) is 51.8 Å². The average molecular weight is 415 g/mol. The number of nitrogens with zero attached hydrogens (tertiary/aromatic N) is 3. The molecular formula is C23H34N4O3. The summed E-state index contributed by atoms with van der Waals surface area (Å²) < 4.78 is 10.9. The smallest absolute Gasteiger partial charge is 0.234 e. The maximum atomic E-state index is 11.6. The van der Waals surface area contributed by atoms with Gasteiger partial charge in [-0.2, -0.15) is 5.26 Å². The first-order chi connectivity index (χ1) is 14.6. The van der Waals surface area contributed by atoms with Gasteiger partial charge in [-0.25, -0.2) is 0 Å². The number of piperazine rings is 1. The molecule has 1 amide bonds. The van der Waals surface area contributed by atoms with Gasteiger partial charge >= 0.3 is 0 Å². The average Bonchev–Trinajstić information content (AvgIpc) is 2.78. The molecule has 0 atom stereocenters. The molecule has 7 heteroatoms. The number of carbonyl (C=O) groups is 1. The van der Waals surface area contributed by atoms with Crippen LogP contribution in [0.25, 0.3) is 0 Å². The summed E-state index contributed by atoms with van der Waals surface area (Å²) in [5, 5.41) is 11.6. The van der Waals surface area contributed by atoms with E-state index in [-0.39, 0.29) is 18.4 Å². The highest BCUT2D eigenvalue weighted by molar-refractivity contribution is 5.78. The van der Waals surface area contributed by atoms with Gasteiger partial charge in [0, 0.05) is 38.3 Å². The van der Waals surface area contributed by atoms with Gasteiger partial charge in [-0.05, 0) is 56.7 Å². The van der Waals surface area contributed by atoms with Crippen LogP contribution >= 0.6 is 0 Å². The highest BCUT2D eigenvalue weighted by Gasteiger charge is 2.24. The number of carbonyl (C=O) groups excluding carboxylic acids is 1. The Morgan fingerprint density at radius 3 is 2.50 bits per heavy atom. The van der Waals surface area contributed by atoms with Crippen LogP contribution in [-0.4, -0.2) is 63.8 Å². The van der Waals surface area contributed by atoms with Gasteiger partial charge in [-0.3, -0.25) is 9.69 Å². The number of methoxy groups -OCH3 is 2. The zero-order valence-electron chi connectivity index (χ0n) is 18.2. The number of amides is 1. The zero-order valence-corrected chi connectivity index (χ0v) is 18.2. The summed E-state index contributed by atoms with van der Waals surface area (Å²) in [6, 6.07) is 8.13. The van der Waals surface area contributed by atoms with E-state index in [1.54, 1.807) is 14.2 Å². The monoisotopic (exact) mass is 414 g/mol. The van der Waals surface area contributed by atoms with E-state index >= 15 is 0 Å². The van der Waals surface area contributed by atoms with Gasteiger partial charge in [0.25, 0.3) is 0 Å². The first-order valence-electron chi connectivity index (χ1n) is 11.0. The second-order valence-corrected chi connectivity index (χ2v) is 8.28. The van der Waals surface area contributed by atoms with Gasteiger partial charge in [-0.1, -0.05) is 0 Å². The SMILES string of the molecule is COc1ccc(OC)c(N2CCN(CC[C@H]3CC[C@H](NC(=O)CC#N)CC3)CC2)c1. The number of nitriles is 1. The Labute approximate surface area is 179 Å². The number of rotatable bonds is 8. The number of nitrogens with one attached hydrogen (secondary N) is 1. The van der Waals surface area contributed by atoms with E-state index in [0.717, 1.165) is 68.7 Å². The Balaban J connectivity index is 1.39. The third-order valence-electron chi connectivity index (χ3n) is 6.40. The van der Waals surface area contributed by atoms with E-state index < -0.39 is 0 Å². The molecule has 0 radical (unpaired) electrons. The zero-order chi connectivity index (χ0) is 21.3. The molecule has 1 aliphatic heterocycles. The van der Waals surface area contributed by atoms with E-state index in [1.807, 2.05) is 18.2 Å². The molecule has 1 saturated heterocycles. The first-order valence-corrected chi connectivity index (χ1v) is 11.0. The fraction of sp³-hybridized carbons (Fsp3) is 0.652. The third kappa shape index (κ3) is 6.02. The fourth-order valence-electron chi connectivity index (χ4n) is 4.57. The Bertz CT molecular complexity index is 732. The van der Waals surface area contributed by atoms with Gasteiger partial charge in [0.2, 0.25) is 5.91 Å². The van der Waals surface area contributed by atoms with Crippen molar-refractivity contribution in [2.24, 2.45) is 5.92 Å². The Morgan fingerprint density at radius 2 is 1.87 bits per heavy atom. The van der Waals surface area contributed by atoms with Crippen molar-refractivity contribution in [1.82, 2.24) is 10.2 Å². The molecule has 2 aliphatic rings. The van der Waals surface area contributed by atoms with E-state index in [2.05, 4.69) is 21.2 Å². The van der Waals surface area contributed by atoms with Crippen LogP contribution in [0, 0.1) is 17.2 Å². The van der Waals surface area contributed by atoms with Crippen molar-refractivity contribution < 1.29 is 14.3 Å². The quantitative estimate of drug-likeness (QED) is 0.705. The second-order valence-electron chi connectivity index (χ2n) is 8.28. The molecule has 1 saturated carbocycles. The lowest BCUT2D eigenvalue weighted by molar-refractivity contribution is -0.121. The number of hydrogen-bond donors (Lipinski definition) is 1. The number of hydrogen-bond acceptors (Lipinski definition) is 6. The summed E-state index contributed by atoms with van der Waals surface area (Å²) in [4.78, 5) is 16.5. The standard InChI is InChI=1S/C23H34N4O3/c1-29-20-7-8-22(30-2)21(17-20)27-15-13-26(14-16-27)12-10-18-3-5-19(6-4-18)25-23(28)9-11-24/h7-8,17-19H,3-6,9-10,12-16H2,1-2H3,(H,25,28)/t18-,19-. The lowest BCUT2D eigenvalue weighted by Gasteiger charge is -2.37. The van der Waals surface area contributed by atoms with Gasteiger partial charge < -0.3 is 19.7 Å². The molecule has 1 aromatic carbocycles. The summed E-state index contributed by atoms with van der Waals surface area (Å²) in [7, 11) is 3.41. The molecule has 1 N–H and O–H groups in total. The van der Waals surface area contributed by atoms with Crippen molar-refractivity contribution in [2.45, 2.75) is 44.6 Å². The van der Waals surface area contributed by atoms with Crippen molar-refractivity contribution in [3.63, 3.8) is 0 Å². The number of benzene rings is 1. The van der Waals surface area contributed by atoms with Crippen LogP contribution in [0.4, 0.5) is 5.69 Å². The van der Waals surface area contributed by atoms with Crippen molar-refractivity contribution in [1.29, 1.82) is 5.26 Å². The van der Waals surface area contributed by atoms with Gasteiger partial charge in [-0.15, -0.1) is 0 Å². The molecule has 0 bridgehead atoms. The molecule has 1 heterocycles. The number of ether oxygens (including phenoxy) is 2. The van der Waals surface area contributed by atoms with E-state index in [4.69, 9.17) is 14.7 Å². The lowest BCUT2D eigenvalue weighted by atomic mass is 9.84. The van der Waals surface area contributed by atoms with E-state index in [0.29, 0.717) is 0 Å². The molecule has 7 nitrogen and oxygen atoms in total. The van der Waals surface area contributed by atoms with Crippen LogP contribution < -0.4 is 19.7 Å². The van der Waals surface area contributed by atoms with Crippen LogP contribution in [0.1, 0.15) is 38.5 Å². The largest absolute Gasteiger partial charge is 0.497 e. The molecule has 0 unspecified atom stereocenters. The minimum atomic E-state index is -0.133. The molecule has 1 aromatic rings. The van der Waals surface area contributed by atoms with Gasteiger partial charge in [0.15, 0.2) is 0 Å². The van der Waals surface area contributed by atoms with Crippen LogP contribution in [0.3, 0.4) is 0 Å². The number of anilines is 1. The van der Waals surface area contributed by atoms with Gasteiger partial charge in [0.1, 0.15) is 17.9 Å². The maximum absolute atomic E-state index is 11.6. The highest BCUT2D eigenvalue weighted by Crippen LogP contribution is 2.33. The normalized spacial score (nSPS) is 22.2. The summed E-state index contributed by atoms with van der Waals surface area (Å²) in [6.45, 7) is 5.22. The van der Waals surface area contributed by atoms with Crippen molar-refractivity contribution >= 4 is 11.6 Å². The molecule has 1 aliphatic carbocycles. The van der Waals surface area contributed by atoms with Crippen molar-refractivity contribution in [3.05, 3.63) is 18.2 Å². The minimum absolute atomic E-state index is 0.0342. The van der Waals surface area contributed by atoms with Gasteiger partial charge in [0.05, 0.1) is 26.0 Å². The van der Waals surface area contributed by atoms with Crippen LogP contribution in [0.15, 0.2) is 18.2 Å². The lowest BCUT2D eigenvalue weighted by Crippen LogP contribution is -2.47. The predicted octanol–water partition coefficient (Wildman–Crippen LogP) is 2.80. The summed E-state index contributed by atoms with van der Waals surface area (Å²) >= 11 is 0. The molecular weight excluding hydrogens is 380 g/mol. The topological polar surface area (TPSA) is 77.8 Å². The summed E-state index contributed by atoms with van der Waals surface area (Å²) in [5.41, 5.74) is 1.10. The molecule has 30 heavy (non-hydrogen) atoms. The highest BCUT2D eigenvalue weighted by atomic mass is 16.5. The maximum Gasteiger partial charge on any atom is 0.234 e. The van der Waals surface area contributed by atoms with E-state index in [1.165, 1.54) is 19.3 Å². The molecule has 164 valence electrons. The predicted molar refractivity (Wildman–Crippen MR) is 117 cm³/mol. The summed E-state index contributed by atoms with van der Waals surface area (Å²) in [5.74, 6) is 2.35. The van der Waals surface area contributed by atoms with Crippen molar-refractivity contribution in [3.8, 4) is 17.6 Å². The second kappa shape index (κ2) is 11.1. The first kappa shape index (κ1) is 22.2.